The molecule has 0 radical (unpaired) electrons. The number of hydrogen-bond acceptors (Lipinski definition) is 3. The van der Waals surface area contributed by atoms with E-state index in [-0.39, 0.29) is 0 Å². The molecule has 76 valence electrons. The molecule has 2 rings (SSSR count). The second-order valence-electron chi connectivity index (χ2n) is 3.32. The Kier molecular flexibility index (Phi) is 3.03. The Bertz CT molecular complexity index is 480. The van der Waals surface area contributed by atoms with E-state index in [1.807, 2.05) is 37.3 Å². The van der Waals surface area contributed by atoms with Crippen molar-refractivity contribution in [3.8, 4) is 11.3 Å². The predicted octanol–water partition coefficient (Wildman–Crippen LogP) is 3.63. The summed E-state index contributed by atoms with van der Waals surface area (Å²) in [5.74, 6) is 0. The number of aromatic nitrogens is 1. The highest BCUT2D eigenvalue weighted by molar-refractivity contribution is 7.80. The molecule has 0 atom stereocenters. The second kappa shape index (κ2) is 4.29. The smallest absolute Gasteiger partial charge is 0.0716 e. The molecule has 2 aromatic rings. The quantitative estimate of drug-likeness (QED) is 0.717. The first kappa shape index (κ1) is 10.6. The molecule has 0 fully saturated rings. The molecule has 0 saturated carbocycles. The molecule has 0 spiro atoms. The Morgan fingerprint density at radius 1 is 1.00 bits per heavy atom. The molecule has 1 aromatic heterocycles. The lowest BCUT2D eigenvalue weighted by Crippen LogP contribution is -1.89. The molecular formula is C12H11NS2. The van der Waals surface area contributed by atoms with Crippen molar-refractivity contribution in [1.29, 1.82) is 0 Å². The second-order valence-corrected chi connectivity index (χ2v) is 4.28. The summed E-state index contributed by atoms with van der Waals surface area (Å²) in [4.78, 5) is 6.23. The maximum Gasteiger partial charge on any atom is 0.0716 e. The first-order valence-electron chi connectivity index (χ1n) is 4.63. The van der Waals surface area contributed by atoms with Crippen LogP contribution in [0.3, 0.4) is 0 Å². The number of nitrogens with zero attached hydrogens (tertiary/aromatic N) is 1. The predicted molar refractivity (Wildman–Crippen MR) is 68.9 cm³/mol. The van der Waals surface area contributed by atoms with Crippen LogP contribution < -0.4 is 0 Å². The molecule has 0 aliphatic rings. The average Bonchev–Trinajstić information content (AvgIpc) is 2.26. The highest BCUT2D eigenvalue weighted by Crippen LogP contribution is 2.31. The maximum atomic E-state index is 4.45. The van der Waals surface area contributed by atoms with Gasteiger partial charge in [0.2, 0.25) is 0 Å². The van der Waals surface area contributed by atoms with Gasteiger partial charge in [-0.25, -0.2) is 0 Å². The molecule has 1 aromatic carbocycles. The Labute approximate surface area is 100 Å². The molecule has 1 heterocycles. The van der Waals surface area contributed by atoms with Gasteiger partial charge in [-0.15, -0.1) is 25.3 Å². The summed E-state index contributed by atoms with van der Waals surface area (Å²) in [6.45, 7) is 2.03. The average molecular weight is 233 g/mol. The van der Waals surface area contributed by atoms with E-state index in [9.17, 15) is 0 Å². The van der Waals surface area contributed by atoms with E-state index in [2.05, 4.69) is 30.2 Å². The summed E-state index contributed by atoms with van der Waals surface area (Å²) in [6.07, 6.45) is 1.78. The molecule has 0 bridgehead atoms. The minimum atomic E-state index is 0.934. The van der Waals surface area contributed by atoms with Gasteiger partial charge in [0.1, 0.15) is 0 Å². The molecule has 0 N–H and O–H groups in total. The SMILES string of the molecule is Cc1c(S)ccc(S)c1-c1ccccn1. The largest absolute Gasteiger partial charge is 0.256 e. The van der Waals surface area contributed by atoms with E-state index in [1.165, 1.54) is 0 Å². The summed E-state index contributed by atoms with van der Waals surface area (Å²) >= 11 is 8.86. The Morgan fingerprint density at radius 2 is 1.73 bits per heavy atom. The standard InChI is InChI=1S/C12H11NS2/c1-8-10(14)5-6-11(15)12(8)9-4-2-3-7-13-9/h2-7,14-15H,1H3. The van der Waals surface area contributed by atoms with Gasteiger partial charge in [0.25, 0.3) is 0 Å². The van der Waals surface area contributed by atoms with Gasteiger partial charge in [-0.1, -0.05) is 6.07 Å². The lowest BCUT2D eigenvalue weighted by molar-refractivity contribution is 1.21. The molecule has 0 aliphatic heterocycles. The number of thiol groups is 2. The lowest BCUT2D eigenvalue weighted by atomic mass is 10.1. The van der Waals surface area contributed by atoms with Gasteiger partial charge in [-0.3, -0.25) is 4.98 Å². The van der Waals surface area contributed by atoms with E-state index in [0.717, 1.165) is 26.6 Å². The van der Waals surface area contributed by atoms with Gasteiger partial charge in [-0.05, 0) is 36.8 Å². The van der Waals surface area contributed by atoms with Gasteiger partial charge in [-0.2, -0.15) is 0 Å². The van der Waals surface area contributed by atoms with Crippen LogP contribution in [-0.4, -0.2) is 4.98 Å². The Morgan fingerprint density at radius 3 is 2.40 bits per heavy atom. The van der Waals surface area contributed by atoms with Crippen LogP contribution in [0, 0.1) is 6.92 Å². The fraction of sp³-hybridized carbons (Fsp3) is 0.0833. The molecule has 1 nitrogen and oxygen atoms in total. The van der Waals surface area contributed by atoms with E-state index in [1.54, 1.807) is 6.20 Å². The van der Waals surface area contributed by atoms with Crippen molar-refractivity contribution < 1.29 is 0 Å². The van der Waals surface area contributed by atoms with Crippen molar-refractivity contribution in [3.63, 3.8) is 0 Å². The fourth-order valence-electron chi connectivity index (χ4n) is 1.52. The molecule has 0 unspecified atom stereocenters. The first-order chi connectivity index (χ1) is 7.20. The van der Waals surface area contributed by atoms with Crippen molar-refractivity contribution in [1.82, 2.24) is 4.98 Å². The minimum Gasteiger partial charge on any atom is -0.256 e. The highest BCUT2D eigenvalue weighted by Gasteiger charge is 2.08. The number of hydrogen-bond donors (Lipinski definition) is 2. The first-order valence-corrected chi connectivity index (χ1v) is 5.52. The Balaban J connectivity index is 2.68. The summed E-state index contributed by atoms with van der Waals surface area (Å²) in [7, 11) is 0. The monoisotopic (exact) mass is 233 g/mol. The van der Waals surface area contributed by atoms with Crippen LogP contribution in [0.4, 0.5) is 0 Å². The summed E-state index contributed by atoms with van der Waals surface area (Å²) in [5.41, 5.74) is 3.12. The van der Waals surface area contributed by atoms with Gasteiger partial charge < -0.3 is 0 Å². The molecular weight excluding hydrogens is 222 g/mol. The van der Waals surface area contributed by atoms with Crippen LogP contribution in [0.2, 0.25) is 0 Å². The van der Waals surface area contributed by atoms with Crippen LogP contribution in [-0.2, 0) is 0 Å². The fourth-order valence-corrected chi connectivity index (χ4v) is 2.06. The summed E-state index contributed by atoms with van der Waals surface area (Å²) < 4.78 is 0. The zero-order valence-electron chi connectivity index (χ0n) is 8.31. The molecule has 15 heavy (non-hydrogen) atoms. The summed E-state index contributed by atoms with van der Waals surface area (Å²) in [6, 6.07) is 9.76. The van der Waals surface area contributed by atoms with Gasteiger partial charge >= 0.3 is 0 Å². The third-order valence-corrected chi connectivity index (χ3v) is 3.19. The van der Waals surface area contributed by atoms with Crippen LogP contribution >= 0.6 is 25.3 Å². The van der Waals surface area contributed by atoms with Crippen LogP contribution in [0.15, 0.2) is 46.3 Å². The third kappa shape index (κ3) is 2.03. The van der Waals surface area contributed by atoms with E-state index >= 15 is 0 Å². The van der Waals surface area contributed by atoms with Crippen molar-refractivity contribution in [2.75, 3.05) is 0 Å². The Hall–Kier alpha value is -0.930. The third-order valence-electron chi connectivity index (χ3n) is 2.34. The van der Waals surface area contributed by atoms with Gasteiger partial charge in [0.05, 0.1) is 5.69 Å². The molecule has 0 saturated heterocycles. The van der Waals surface area contributed by atoms with Crippen LogP contribution in [0.1, 0.15) is 5.56 Å². The van der Waals surface area contributed by atoms with E-state index in [4.69, 9.17) is 0 Å². The van der Waals surface area contributed by atoms with E-state index < -0.39 is 0 Å². The maximum absolute atomic E-state index is 4.45. The van der Waals surface area contributed by atoms with Crippen molar-refractivity contribution >= 4 is 25.3 Å². The zero-order chi connectivity index (χ0) is 10.8. The van der Waals surface area contributed by atoms with E-state index in [0.29, 0.717) is 0 Å². The molecule has 0 amide bonds. The number of rotatable bonds is 1. The normalized spacial score (nSPS) is 10.3. The van der Waals surface area contributed by atoms with Gasteiger partial charge in [0.15, 0.2) is 0 Å². The minimum absolute atomic E-state index is 0.934. The lowest BCUT2D eigenvalue weighted by Gasteiger charge is -2.10. The zero-order valence-corrected chi connectivity index (χ0v) is 10.1. The van der Waals surface area contributed by atoms with Crippen LogP contribution in [0.5, 0.6) is 0 Å². The topological polar surface area (TPSA) is 12.9 Å². The van der Waals surface area contributed by atoms with Crippen molar-refractivity contribution in [2.45, 2.75) is 16.7 Å². The number of benzene rings is 1. The highest BCUT2D eigenvalue weighted by atomic mass is 32.1. The van der Waals surface area contributed by atoms with Gasteiger partial charge in [0, 0.05) is 21.6 Å². The van der Waals surface area contributed by atoms with Crippen LogP contribution in [0.25, 0.3) is 11.3 Å². The van der Waals surface area contributed by atoms with Crippen molar-refractivity contribution in [2.24, 2.45) is 0 Å². The summed E-state index contributed by atoms with van der Waals surface area (Å²) in [5, 5.41) is 0. The molecule has 3 heteroatoms. The molecule has 0 aliphatic carbocycles. The van der Waals surface area contributed by atoms with Crippen molar-refractivity contribution in [3.05, 3.63) is 42.1 Å². The number of pyridine rings is 1.